The van der Waals surface area contributed by atoms with Crippen molar-refractivity contribution in [2.75, 3.05) is 20.3 Å². The molecule has 0 aromatic carbocycles. The number of carboxylic acid groups (broad SMARTS) is 1. The van der Waals surface area contributed by atoms with E-state index in [0.717, 1.165) is 16.4 Å². The molecule has 0 saturated carbocycles. The highest BCUT2D eigenvalue weighted by Gasteiger charge is 2.33. The van der Waals surface area contributed by atoms with Crippen LogP contribution in [0.5, 0.6) is 0 Å². The number of aromatic carboxylic acids is 1. The highest BCUT2D eigenvalue weighted by molar-refractivity contribution is 7.89. The monoisotopic (exact) mass is 275 g/mol. The third kappa shape index (κ3) is 2.26. The molecule has 1 N–H and O–H groups in total. The van der Waals surface area contributed by atoms with Crippen LogP contribution in [0.1, 0.15) is 17.0 Å². The van der Waals surface area contributed by atoms with E-state index in [0.29, 0.717) is 19.6 Å². The Kier molecular flexibility index (Phi) is 3.42. The first kappa shape index (κ1) is 13.1. The molecular formula is C10H13NO6S. The lowest BCUT2D eigenvalue weighted by atomic mass is 10.3. The Morgan fingerprint density at radius 2 is 2.22 bits per heavy atom. The van der Waals surface area contributed by atoms with Gasteiger partial charge in [-0.15, -0.1) is 0 Å². The Morgan fingerprint density at radius 3 is 2.72 bits per heavy atom. The van der Waals surface area contributed by atoms with Gasteiger partial charge in [0, 0.05) is 13.7 Å². The van der Waals surface area contributed by atoms with Crippen LogP contribution in [0.2, 0.25) is 0 Å². The molecule has 2 rings (SSSR count). The van der Waals surface area contributed by atoms with Crippen LogP contribution in [-0.4, -0.2) is 50.1 Å². The maximum atomic E-state index is 12.1. The fraction of sp³-hybridized carbons (Fsp3) is 0.500. The molecule has 18 heavy (non-hydrogen) atoms. The van der Waals surface area contributed by atoms with Gasteiger partial charge in [0.25, 0.3) is 10.0 Å². The average molecular weight is 275 g/mol. The molecule has 0 bridgehead atoms. The van der Waals surface area contributed by atoms with Gasteiger partial charge in [-0.05, 0) is 18.6 Å². The van der Waals surface area contributed by atoms with Crippen LogP contribution >= 0.6 is 0 Å². The summed E-state index contributed by atoms with van der Waals surface area (Å²) in [7, 11) is -2.38. The van der Waals surface area contributed by atoms with E-state index in [1.54, 1.807) is 0 Å². The summed E-state index contributed by atoms with van der Waals surface area (Å²) in [6.45, 7) is 0.852. The van der Waals surface area contributed by atoms with Crippen LogP contribution in [-0.2, 0) is 14.8 Å². The summed E-state index contributed by atoms with van der Waals surface area (Å²) < 4.78 is 35.4. The molecule has 0 amide bonds. The molecule has 0 radical (unpaired) electrons. The SMILES string of the molecule is CN(C1CCOC1)S(=O)(=O)c1ccc(C(=O)O)o1. The highest BCUT2D eigenvalue weighted by atomic mass is 32.2. The molecular weight excluding hydrogens is 262 g/mol. The normalized spacial score (nSPS) is 20.4. The summed E-state index contributed by atoms with van der Waals surface area (Å²) >= 11 is 0. The van der Waals surface area contributed by atoms with E-state index >= 15 is 0 Å². The third-order valence-corrected chi connectivity index (χ3v) is 4.63. The fourth-order valence-electron chi connectivity index (χ4n) is 1.72. The summed E-state index contributed by atoms with van der Waals surface area (Å²) in [6, 6.07) is 2.02. The molecule has 1 aliphatic rings. The lowest BCUT2D eigenvalue weighted by Crippen LogP contribution is -2.37. The van der Waals surface area contributed by atoms with Gasteiger partial charge in [0.15, 0.2) is 0 Å². The lowest BCUT2D eigenvalue weighted by molar-refractivity contribution is 0.0656. The van der Waals surface area contributed by atoms with E-state index in [1.165, 1.54) is 7.05 Å². The van der Waals surface area contributed by atoms with Gasteiger partial charge in [0.1, 0.15) is 0 Å². The number of carbonyl (C=O) groups is 1. The van der Waals surface area contributed by atoms with Crippen LogP contribution in [0, 0.1) is 0 Å². The molecule has 2 heterocycles. The van der Waals surface area contributed by atoms with Crippen LogP contribution in [0.4, 0.5) is 0 Å². The number of nitrogens with zero attached hydrogens (tertiary/aromatic N) is 1. The quantitative estimate of drug-likeness (QED) is 0.853. The van der Waals surface area contributed by atoms with Crippen molar-refractivity contribution in [3.8, 4) is 0 Å². The molecule has 8 heteroatoms. The number of sulfonamides is 1. The predicted molar refractivity (Wildman–Crippen MR) is 59.8 cm³/mol. The maximum Gasteiger partial charge on any atom is 0.371 e. The number of furan rings is 1. The summed E-state index contributed by atoms with van der Waals surface area (Å²) in [4.78, 5) is 10.6. The van der Waals surface area contributed by atoms with Crippen molar-refractivity contribution in [1.82, 2.24) is 4.31 Å². The second kappa shape index (κ2) is 4.71. The number of hydrogen-bond donors (Lipinski definition) is 1. The average Bonchev–Trinajstić information content (AvgIpc) is 2.99. The molecule has 1 unspecified atom stereocenters. The summed E-state index contributed by atoms with van der Waals surface area (Å²) in [5.74, 6) is -1.70. The largest absolute Gasteiger partial charge is 0.475 e. The molecule has 1 saturated heterocycles. The van der Waals surface area contributed by atoms with Gasteiger partial charge in [-0.2, -0.15) is 4.31 Å². The molecule has 1 aromatic rings. The molecule has 7 nitrogen and oxygen atoms in total. The molecule has 0 aliphatic carbocycles. The van der Waals surface area contributed by atoms with Crippen molar-refractivity contribution in [2.45, 2.75) is 17.6 Å². The van der Waals surface area contributed by atoms with E-state index in [4.69, 9.17) is 14.3 Å². The van der Waals surface area contributed by atoms with Crippen LogP contribution in [0.3, 0.4) is 0 Å². The summed E-state index contributed by atoms with van der Waals surface area (Å²) in [6.07, 6.45) is 0.613. The van der Waals surface area contributed by atoms with Crippen molar-refractivity contribution in [1.29, 1.82) is 0 Å². The maximum absolute atomic E-state index is 12.1. The van der Waals surface area contributed by atoms with Gasteiger partial charge in [-0.1, -0.05) is 0 Å². The Morgan fingerprint density at radius 1 is 1.50 bits per heavy atom. The van der Waals surface area contributed by atoms with Crippen LogP contribution in [0.15, 0.2) is 21.6 Å². The predicted octanol–water partition coefficient (Wildman–Crippen LogP) is 0.387. The molecule has 1 aliphatic heterocycles. The highest BCUT2D eigenvalue weighted by Crippen LogP contribution is 2.22. The second-order valence-electron chi connectivity index (χ2n) is 3.96. The lowest BCUT2D eigenvalue weighted by Gasteiger charge is -2.20. The van der Waals surface area contributed by atoms with Crippen molar-refractivity contribution in [2.24, 2.45) is 0 Å². The first-order chi connectivity index (χ1) is 8.43. The minimum absolute atomic E-state index is 0.242. The fourth-order valence-corrected chi connectivity index (χ4v) is 3.00. The zero-order chi connectivity index (χ0) is 13.3. The van der Waals surface area contributed by atoms with Gasteiger partial charge in [-0.25, -0.2) is 13.2 Å². The molecule has 100 valence electrons. The minimum Gasteiger partial charge on any atom is -0.475 e. The third-order valence-electron chi connectivity index (χ3n) is 2.85. The smallest absolute Gasteiger partial charge is 0.371 e. The zero-order valence-electron chi connectivity index (χ0n) is 9.70. The van der Waals surface area contributed by atoms with E-state index in [9.17, 15) is 13.2 Å². The zero-order valence-corrected chi connectivity index (χ0v) is 10.5. The molecule has 1 atom stereocenters. The van der Waals surface area contributed by atoms with Crippen LogP contribution in [0.25, 0.3) is 0 Å². The topological polar surface area (TPSA) is 97.0 Å². The Labute approximate surface area is 104 Å². The first-order valence-corrected chi connectivity index (χ1v) is 6.76. The Balaban J connectivity index is 2.26. The number of hydrogen-bond acceptors (Lipinski definition) is 5. The van der Waals surface area contributed by atoms with Gasteiger partial charge in [-0.3, -0.25) is 0 Å². The minimum atomic E-state index is -3.81. The van der Waals surface area contributed by atoms with Gasteiger partial charge < -0.3 is 14.3 Å². The van der Waals surface area contributed by atoms with E-state index in [2.05, 4.69) is 0 Å². The van der Waals surface area contributed by atoms with Gasteiger partial charge in [0.2, 0.25) is 10.9 Å². The standard InChI is InChI=1S/C10H13NO6S/c1-11(7-4-5-16-6-7)18(14,15)9-3-2-8(17-9)10(12)13/h2-3,7H,4-6H2,1H3,(H,12,13). The molecule has 1 fully saturated rings. The summed E-state index contributed by atoms with van der Waals surface area (Å²) in [5, 5.41) is 8.33. The van der Waals surface area contributed by atoms with Gasteiger partial charge >= 0.3 is 5.97 Å². The number of carboxylic acids is 1. The number of rotatable bonds is 4. The number of ether oxygens (including phenoxy) is 1. The summed E-state index contributed by atoms with van der Waals surface area (Å²) in [5.41, 5.74) is 0. The van der Waals surface area contributed by atoms with E-state index in [-0.39, 0.29) is 11.1 Å². The Hall–Kier alpha value is -1.38. The van der Waals surface area contributed by atoms with Crippen LogP contribution < -0.4 is 0 Å². The molecule has 0 spiro atoms. The van der Waals surface area contributed by atoms with Crippen molar-refractivity contribution in [3.05, 3.63) is 17.9 Å². The number of likely N-dealkylation sites (N-methyl/N-ethyl adjacent to an activating group) is 1. The first-order valence-electron chi connectivity index (χ1n) is 5.32. The van der Waals surface area contributed by atoms with Crippen molar-refractivity contribution < 1.29 is 27.5 Å². The Bertz CT molecular complexity index is 542. The molecule has 1 aromatic heterocycles. The van der Waals surface area contributed by atoms with E-state index < -0.39 is 21.8 Å². The van der Waals surface area contributed by atoms with Crippen molar-refractivity contribution in [3.63, 3.8) is 0 Å². The van der Waals surface area contributed by atoms with Crippen molar-refractivity contribution >= 4 is 16.0 Å². The second-order valence-corrected chi connectivity index (χ2v) is 5.89. The van der Waals surface area contributed by atoms with E-state index in [1.807, 2.05) is 0 Å². The van der Waals surface area contributed by atoms with Gasteiger partial charge in [0.05, 0.1) is 12.6 Å².